The van der Waals surface area contributed by atoms with Crippen LogP contribution in [-0.4, -0.2) is 23.9 Å². The van der Waals surface area contributed by atoms with Gasteiger partial charge in [0.15, 0.2) is 0 Å². The van der Waals surface area contributed by atoms with Gasteiger partial charge in [-0.25, -0.2) is 0 Å². The Kier molecular flexibility index (Phi) is 4.11. The number of halogens is 1. The highest BCUT2D eigenvalue weighted by molar-refractivity contribution is 5.94. The molecule has 0 fully saturated rings. The summed E-state index contributed by atoms with van der Waals surface area (Å²) in [6.45, 7) is 1.64. The number of carbonyl (C=O) groups excluding carboxylic acids is 1. The summed E-state index contributed by atoms with van der Waals surface area (Å²) in [6.07, 6.45) is 0. The summed E-state index contributed by atoms with van der Waals surface area (Å²) in [5, 5.41) is 15.5. The molecule has 0 heterocycles. The van der Waals surface area contributed by atoms with E-state index in [-0.39, 0.29) is 11.6 Å². The zero-order valence-electron chi connectivity index (χ0n) is 9.36. The van der Waals surface area contributed by atoms with E-state index in [2.05, 4.69) is 10.6 Å². The van der Waals surface area contributed by atoms with E-state index in [1.165, 1.54) is 6.07 Å². The number of nitro benzene ring substituents is 1. The second kappa shape index (κ2) is 5.35. The summed E-state index contributed by atoms with van der Waals surface area (Å²) in [5.74, 6) is -1.33. The van der Waals surface area contributed by atoms with Crippen LogP contribution in [0.4, 0.5) is 15.8 Å². The molecule has 0 aliphatic heterocycles. The van der Waals surface area contributed by atoms with Gasteiger partial charge in [0.2, 0.25) is 11.7 Å². The molecule has 1 aromatic rings. The summed E-state index contributed by atoms with van der Waals surface area (Å²) < 4.78 is 13.2. The van der Waals surface area contributed by atoms with E-state index < -0.39 is 22.5 Å². The lowest BCUT2D eigenvalue weighted by atomic mass is 10.2. The lowest BCUT2D eigenvalue weighted by molar-refractivity contribution is -0.387. The Labute approximate surface area is 97.0 Å². The van der Waals surface area contributed by atoms with E-state index >= 15 is 0 Å². The average molecular weight is 241 g/mol. The molecule has 0 bridgehead atoms. The SMILES string of the molecule is CNC(C)C(=O)Nc1ccc([N+](=O)[O-])c(F)c1. The summed E-state index contributed by atoms with van der Waals surface area (Å²) in [5.41, 5.74) is -0.440. The van der Waals surface area contributed by atoms with Crippen molar-refractivity contribution in [2.75, 3.05) is 12.4 Å². The van der Waals surface area contributed by atoms with Crippen molar-refractivity contribution in [2.45, 2.75) is 13.0 Å². The number of anilines is 1. The molecule has 1 atom stereocenters. The largest absolute Gasteiger partial charge is 0.325 e. The molecule has 0 aromatic heterocycles. The summed E-state index contributed by atoms with van der Waals surface area (Å²) in [6, 6.07) is 2.77. The van der Waals surface area contributed by atoms with Gasteiger partial charge in [-0.05, 0) is 20.0 Å². The van der Waals surface area contributed by atoms with Gasteiger partial charge in [0.05, 0.1) is 11.0 Å². The topological polar surface area (TPSA) is 84.3 Å². The van der Waals surface area contributed by atoms with Gasteiger partial charge in [0, 0.05) is 17.8 Å². The third kappa shape index (κ3) is 3.22. The molecule has 1 rings (SSSR count). The highest BCUT2D eigenvalue weighted by Gasteiger charge is 2.16. The number of nitrogens with one attached hydrogen (secondary N) is 2. The van der Waals surface area contributed by atoms with Crippen LogP contribution in [0, 0.1) is 15.9 Å². The third-order valence-corrected chi connectivity index (χ3v) is 2.24. The summed E-state index contributed by atoms with van der Waals surface area (Å²) in [4.78, 5) is 21.0. The quantitative estimate of drug-likeness (QED) is 0.614. The maximum Gasteiger partial charge on any atom is 0.304 e. The minimum absolute atomic E-state index is 0.181. The van der Waals surface area contributed by atoms with E-state index in [9.17, 15) is 19.3 Å². The van der Waals surface area contributed by atoms with Crippen LogP contribution in [-0.2, 0) is 4.79 Å². The van der Waals surface area contributed by atoms with Gasteiger partial charge in [-0.15, -0.1) is 0 Å². The van der Waals surface area contributed by atoms with Gasteiger partial charge in [-0.2, -0.15) is 4.39 Å². The Morgan fingerprint density at radius 2 is 2.18 bits per heavy atom. The molecule has 7 heteroatoms. The molecule has 2 N–H and O–H groups in total. The van der Waals surface area contributed by atoms with Crippen LogP contribution in [0.15, 0.2) is 18.2 Å². The number of rotatable bonds is 4. The van der Waals surface area contributed by atoms with Crippen LogP contribution in [0.2, 0.25) is 0 Å². The van der Waals surface area contributed by atoms with E-state index in [1.54, 1.807) is 14.0 Å². The number of likely N-dealkylation sites (N-methyl/N-ethyl adjacent to an activating group) is 1. The predicted octanol–water partition coefficient (Wildman–Crippen LogP) is 1.28. The Hall–Kier alpha value is -2.02. The fourth-order valence-corrected chi connectivity index (χ4v) is 1.11. The minimum Gasteiger partial charge on any atom is -0.325 e. The zero-order chi connectivity index (χ0) is 13.0. The van der Waals surface area contributed by atoms with Crippen molar-refractivity contribution in [1.29, 1.82) is 0 Å². The molecule has 0 spiro atoms. The van der Waals surface area contributed by atoms with Crippen LogP contribution in [0.25, 0.3) is 0 Å². The van der Waals surface area contributed by atoms with Gasteiger partial charge in [-0.3, -0.25) is 14.9 Å². The number of carbonyl (C=O) groups is 1. The molecule has 92 valence electrons. The molecule has 0 radical (unpaired) electrons. The van der Waals surface area contributed by atoms with Crippen LogP contribution < -0.4 is 10.6 Å². The highest BCUT2D eigenvalue weighted by atomic mass is 19.1. The summed E-state index contributed by atoms with van der Waals surface area (Å²) in [7, 11) is 1.61. The normalized spacial score (nSPS) is 11.9. The van der Waals surface area contributed by atoms with Gasteiger partial charge >= 0.3 is 5.69 Å². The third-order valence-electron chi connectivity index (χ3n) is 2.24. The number of hydrogen-bond acceptors (Lipinski definition) is 4. The number of benzene rings is 1. The molecular formula is C10H12FN3O3. The molecule has 1 aromatic carbocycles. The molecule has 17 heavy (non-hydrogen) atoms. The van der Waals surface area contributed by atoms with Gasteiger partial charge in [0.1, 0.15) is 0 Å². The van der Waals surface area contributed by atoms with Crippen molar-refractivity contribution in [3.63, 3.8) is 0 Å². The number of hydrogen-bond donors (Lipinski definition) is 2. The maximum absolute atomic E-state index is 13.2. The first-order chi connectivity index (χ1) is 7.95. The van der Waals surface area contributed by atoms with Crippen molar-refractivity contribution in [3.05, 3.63) is 34.1 Å². The van der Waals surface area contributed by atoms with E-state index in [0.717, 1.165) is 12.1 Å². The Morgan fingerprint density at radius 3 is 2.65 bits per heavy atom. The van der Waals surface area contributed by atoms with Gasteiger partial charge in [-0.1, -0.05) is 0 Å². The van der Waals surface area contributed by atoms with Crippen molar-refractivity contribution in [1.82, 2.24) is 5.32 Å². The number of nitrogens with zero attached hydrogens (tertiary/aromatic N) is 1. The Balaban J connectivity index is 2.84. The molecular weight excluding hydrogens is 229 g/mol. The van der Waals surface area contributed by atoms with Crippen molar-refractivity contribution < 1.29 is 14.1 Å². The predicted molar refractivity (Wildman–Crippen MR) is 60.2 cm³/mol. The summed E-state index contributed by atoms with van der Waals surface area (Å²) >= 11 is 0. The van der Waals surface area contributed by atoms with Gasteiger partial charge < -0.3 is 10.6 Å². The van der Waals surface area contributed by atoms with E-state index in [1.807, 2.05) is 0 Å². The Bertz CT molecular complexity index is 450. The standard InChI is InChI=1S/C10H12FN3O3/c1-6(12-2)10(15)13-7-3-4-9(14(16)17)8(11)5-7/h3-6,12H,1-2H3,(H,13,15). The van der Waals surface area contributed by atoms with Crippen molar-refractivity contribution in [2.24, 2.45) is 0 Å². The fraction of sp³-hybridized carbons (Fsp3) is 0.300. The van der Waals surface area contributed by atoms with Gasteiger partial charge in [0.25, 0.3) is 0 Å². The monoisotopic (exact) mass is 241 g/mol. The van der Waals surface area contributed by atoms with Crippen LogP contribution >= 0.6 is 0 Å². The average Bonchev–Trinajstić information content (AvgIpc) is 2.27. The van der Waals surface area contributed by atoms with E-state index in [4.69, 9.17) is 0 Å². The number of nitro groups is 1. The fourth-order valence-electron chi connectivity index (χ4n) is 1.11. The second-order valence-corrected chi connectivity index (χ2v) is 3.42. The molecule has 1 unspecified atom stereocenters. The highest BCUT2D eigenvalue weighted by Crippen LogP contribution is 2.20. The maximum atomic E-state index is 13.2. The van der Waals surface area contributed by atoms with Crippen molar-refractivity contribution in [3.8, 4) is 0 Å². The minimum atomic E-state index is -0.982. The lowest BCUT2D eigenvalue weighted by Gasteiger charge is -2.10. The first kappa shape index (κ1) is 13.0. The smallest absolute Gasteiger partial charge is 0.304 e. The van der Waals surface area contributed by atoms with E-state index in [0.29, 0.717) is 0 Å². The van der Waals surface area contributed by atoms with Crippen LogP contribution in [0.3, 0.4) is 0 Å². The Morgan fingerprint density at radius 1 is 1.53 bits per heavy atom. The molecule has 0 saturated carbocycles. The molecule has 6 nitrogen and oxygen atoms in total. The molecule has 0 aliphatic carbocycles. The van der Waals surface area contributed by atoms with Crippen LogP contribution in [0.5, 0.6) is 0 Å². The second-order valence-electron chi connectivity index (χ2n) is 3.42. The van der Waals surface area contributed by atoms with Crippen molar-refractivity contribution >= 4 is 17.3 Å². The van der Waals surface area contributed by atoms with Crippen LogP contribution in [0.1, 0.15) is 6.92 Å². The lowest BCUT2D eigenvalue weighted by Crippen LogP contribution is -2.35. The first-order valence-corrected chi connectivity index (χ1v) is 4.87. The molecule has 0 saturated heterocycles. The molecule has 1 amide bonds. The molecule has 0 aliphatic rings. The number of amides is 1. The zero-order valence-corrected chi connectivity index (χ0v) is 9.36. The first-order valence-electron chi connectivity index (χ1n) is 4.87.